The molecule has 0 aliphatic heterocycles. The maximum atomic E-state index is 6.97. The van der Waals surface area contributed by atoms with E-state index in [0.717, 1.165) is 12.0 Å². The van der Waals surface area contributed by atoms with Crippen LogP contribution in [0.1, 0.15) is 20.3 Å². The van der Waals surface area contributed by atoms with E-state index in [9.17, 15) is 0 Å². The SMILES string of the molecule is C/C=C\C(=C/CC)CNC(=N)N. The van der Waals surface area contributed by atoms with Crippen molar-refractivity contribution in [2.45, 2.75) is 20.3 Å². The highest BCUT2D eigenvalue weighted by Gasteiger charge is 1.91. The van der Waals surface area contributed by atoms with Crippen LogP contribution in [0.2, 0.25) is 0 Å². The second kappa shape index (κ2) is 6.46. The molecule has 0 heterocycles. The number of hydrogen-bond acceptors (Lipinski definition) is 1. The van der Waals surface area contributed by atoms with Crippen LogP contribution in [0.5, 0.6) is 0 Å². The predicted molar refractivity (Wildman–Crippen MR) is 53.1 cm³/mol. The summed E-state index contributed by atoms with van der Waals surface area (Å²) in [6.45, 7) is 4.68. The Bertz CT molecular complexity index is 192. The fraction of sp³-hybridized carbons (Fsp3) is 0.444. The van der Waals surface area contributed by atoms with E-state index >= 15 is 0 Å². The molecule has 0 rings (SSSR count). The van der Waals surface area contributed by atoms with Crippen molar-refractivity contribution < 1.29 is 0 Å². The van der Waals surface area contributed by atoms with Gasteiger partial charge in [-0.25, -0.2) is 0 Å². The zero-order valence-electron chi connectivity index (χ0n) is 7.72. The maximum absolute atomic E-state index is 6.97. The van der Waals surface area contributed by atoms with Crippen LogP contribution in [0.4, 0.5) is 0 Å². The van der Waals surface area contributed by atoms with E-state index in [1.807, 2.05) is 19.1 Å². The third-order valence-corrected chi connectivity index (χ3v) is 1.33. The standard InChI is InChI=1S/C9H17N3/c1-3-5-8(6-4-2)7-12-9(10)11/h3,5-6H,4,7H2,1-2H3,(H4,10,11,12)/b5-3-,8-6+. The van der Waals surface area contributed by atoms with E-state index in [0.29, 0.717) is 6.54 Å². The number of nitrogens with one attached hydrogen (secondary N) is 2. The van der Waals surface area contributed by atoms with E-state index in [-0.39, 0.29) is 5.96 Å². The monoisotopic (exact) mass is 167 g/mol. The second-order valence-electron chi connectivity index (χ2n) is 2.45. The lowest BCUT2D eigenvalue weighted by Gasteiger charge is -2.03. The highest BCUT2D eigenvalue weighted by molar-refractivity contribution is 5.74. The molecule has 68 valence electrons. The van der Waals surface area contributed by atoms with Crippen molar-refractivity contribution in [2.24, 2.45) is 5.73 Å². The summed E-state index contributed by atoms with van der Waals surface area (Å²) in [5.41, 5.74) is 6.32. The first kappa shape index (κ1) is 10.8. The summed E-state index contributed by atoms with van der Waals surface area (Å²) in [6, 6.07) is 0. The summed E-state index contributed by atoms with van der Waals surface area (Å²) in [5.74, 6) is 0.0153. The molecule has 0 spiro atoms. The van der Waals surface area contributed by atoms with Gasteiger partial charge < -0.3 is 11.1 Å². The van der Waals surface area contributed by atoms with E-state index in [4.69, 9.17) is 11.1 Å². The van der Waals surface area contributed by atoms with Crippen LogP contribution in [-0.4, -0.2) is 12.5 Å². The Morgan fingerprint density at radius 3 is 2.67 bits per heavy atom. The summed E-state index contributed by atoms with van der Waals surface area (Å²) in [4.78, 5) is 0. The van der Waals surface area contributed by atoms with Gasteiger partial charge in [-0.3, -0.25) is 5.41 Å². The maximum Gasteiger partial charge on any atom is 0.185 e. The molecular weight excluding hydrogens is 150 g/mol. The molecule has 3 heteroatoms. The minimum absolute atomic E-state index is 0.0153. The number of guanidine groups is 1. The number of rotatable bonds is 4. The lowest BCUT2D eigenvalue weighted by molar-refractivity contribution is 0.970. The first-order valence-corrected chi connectivity index (χ1v) is 4.10. The summed E-state index contributed by atoms with van der Waals surface area (Å²) < 4.78 is 0. The van der Waals surface area contributed by atoms with E-state index < -0.39 is 0 Å². The van der Waals surface area contributed by atoms with Crippen molar-refractivity contribution in [2.75, 3.05) is 6.54 Å². The smallest absolute Gasteiger partial charge is 0.185 e. The Hall–Kier alpha value is -1.25. The van der Waals surface area contributed by atoms with E-state index in [1.165, 1.54) is 0 Å². The molecule has 0 saturated heterocycles. The van der Waals surface area contributed by atoms with Gasteiger partial charge in [-0.1, -0.05) is 25.2 Å². The zero-order valence-corrected chi connectivity index (χ0v) is 7.72. The molecule has 12 heavy (non-hydrogen) atoms. The average molecular weight is 167 g/mol. The van der Waals surface area contributed by atoms with Crippen LogP contribution in [0.15, 0.2) is 23.8 Å². The molecule has 3 nitrogen and oxygen atoms in total. The first-order chi connectivity index (χ1) is 5.70. The summed E-state index contributed by atoms with van der Waals surface area (Å²) in [7, 11) is 0. The largest absolute Gasteiger partial charge is 0.370 e. The Labute approximate surface area is 73.9 Å². The van der Waals surface area contributed by atoms with Crippen molar-refractivity contribution in [3.8, 4) is 0 Å². The Kier molecular flexibility index (Phi) is 5.79. The minimum Gasteiger partial charge on any atom is -0.370 e. The molecule has 0 aromatic carbocycles. The lowest BCUT2D eigenvalue weighted by atomic mass is 10.2. The van der Waals surface area contributed by atoms with Gasteiger partial charge >= 0.3 is 0 Å². The molecule has 0 amide bonds. The molecule has 0 aliphatic carbocycles. The third kappa shape index (κ3) is 5.53. The van der Waals surface area contributed by atoms with Gasteiger partial charge in [0.2, 0.25) is 0 Å². The molecule has 0 saturated carbocycles. The number of allylic oxidation sites excluding steroid dienone is 2. The van der Waals surface area contributed by atoms with Crippen LogP contribution in [0, 0.1) is 5.41 Å². The Morgan fingerprint density at radius 2 is 2.25 bits per heavy atom. The average Bonchev–Trinajstić information content (AvgIpc) is 2.01. The molecule has 0 aliphatic rings. The fourth-order valence-electron chi connectivity index (χ4n) is 0.873. The summed E-state index contributed by atoms with van der Waals surface area (Å²) in [6.07, 6.45) is 7.10. The Morgan fingerprint density at radius 1 is 1.58 bits per heavy atom. The molecular formula is C9H17N3. The van der Waals surface area contributed by atoms with Gasteiger partial charge in [0.1, 0.15) is 0 Å². The predicted octanol–water partition coefficient (Wildman–Crippen LogP) is 1.38. The van der Waals surface area contributed by atoms with Gasteiger partial charge in [0.05, 0.1) is 0 Å². The molecule has 0 unspecified atom stereocenters. The molecule has 0 bridgehead atoms. The van der Waals surface area contributed by atoms with Crippen molar-refractivity contribution in [3.63, 3.8) is 0 Å². The van der Waals surface area contributed by atoms with Gasteiger partial charge in [0.15, 0.2) is 5.96 Å². The van der Waals surface area contributed by atoms with Crippen molar-refractivity contribution >= 4 is 5.96 Å². The zero-order chi connectivity index (χ0) is 9.40. The molecule has 4 N–H and O–H groups in total. The van der Waals surface area contributed by atoms with Crippen LogP contribution in [-0.2, 0) is 0 Å². The van der Waals surface area contributed by atoms with Crippen molar-refractivity contribution in [3.05, 3.63) is 23.8 Å². The summed E-state index contributed by atoms with van der Waals surface area (Å²) in [5, 5.41) is 9.72. The Balaban J connectivity index is 3.96. The third-order valence-electron chi connectivity index (χ3n) is 1.33. The quantitative estimate of drug-likeness (QED) is 0.336. The van der Waals surface area contributed by atoms with Gasteiger partial charge in [0.25, 0.3) is 0 Å². The normalized spacial score (nSPS) is 12.0. The van der Waals surface area contributed by atoms with Gasteiger partial charge in [0, 0.05) is 6.54 Å². The highest BCUT2D eigenvalue weighted by atomic mass is 15.0. The minimum atomic E-state index is 0.0153. The number of hydrogen-bond donors (Lipinski definition) is 3. The van der Waals surface area contributed by atoms with Crippen LogP contribution in [0.3, 0.4) is 0 Å². The summed E-state index contributed by atoms with van der Waals surface area (Å²) >= 11 is 0. The molecule has 0 radical (unpaired) electrons. The van der Waals surface area contributed by atoms with Crippen molar-refractivity contribution in [1.29, 1.82) is 5.41 Å². The van der Waals surface area contributed by atoms with Gasteiger partial charge in [-0.15, -0.1) is 0 Å². The molecule has 0 atom stereocenters. The van der Waals surface area contributed by atoms with E-state index in [1.54, 1.807) is 0 Å². The second-order valence-corrected chi connectivity index (χ2v) is 2.45. The molecule has 0 aromatic rings. The topological polar surface area (TPSA) is 61.9 Å². The highest BCUT2D eigenvalue weighted by Crippen LogP contribution is 1.96. The van der Waals surface area contributed by atoms with Crippen LogP contribution >= 0.6 is 0 Å². The lowest BCUT2D eigenvalue weighted by Crippen LogP contribution is -2.31. The van der Waals surface area contributed by atoms with Crippen molar-refractivity contribution in [1.82, 2.24) is 5.32 Å². The first-order valence-electron chi connectivity index (χ1n) is 4.10. The van der Waals surface area contributed by atoms with Gasteiger partial charge in [-0.2, -0.15) is 0 Å². The number of nitrogens with two attached hydrogens (primary N) is 1. The van der Waals surface area contributed by atoms with Crippen LogP contribution in [0.25, 0.3) is 0 Å². The molecule has 0 fully saturated rings. The van der Waals surface area contributed by atoms with Gasteiger partial charge in [-0.05, 0) is 18.9 Å². The molecule has 0 aromatic heterocycles. The van der Waals surface area contributed by atoms with E-state index in [2.05, 4.69) is 18.3 Å². The fourth-order valence-corrected chi connectivity index (χ4v) is 0.873. The van der Waals surface area contributed by atoms with Crippen LogP contribution < -0.4 is 11.1 Å².